The second-order valence-electron chi connectivity index (χ2n) is 8.19. The van der Waals surface area contributed by atoms with Crippen molar-refractivity contribution in [1.29, 1.82) is 0 Å². The van der Waals surface area contributed by atoms with Crippen LogP contribution < -0.4 is 4.74 Å². The summed E-state index contributed by atoms with van der Waals surface area (Å²) in [4.78, 5) is 2.43. The van der Waals surface area contributed by atoms with E-state index in [0.29, 0.717) is 25.2 Å². The number of β-amino-alcohol motifs (C(OH)–C–C–N with tert-alkyl or cyclic N) is 1. The Morgan fingerprint density at radius 1 is 0.960 bits per heavy atom. The Labute approximate surface area is 153 Å². The maximum atomic E-state index is 10.4. The van der Waals surface area contributed by atoms with E-state index in [1.54, 1.807) is 0 Å². The number of nitrogens with zero attached hydrogens (tertiary/aromatic N) is 1. The van der Waals surface area contributed by atoms with Crippen LogP contribution in [0.15, 0.2) is 24.3 Å². The van der Waals surface area contributed by atoms with E-state index in [1.165, 1.54) is 56.9 Å². The first-order chi connectivity index (χ1) is 12.1. The van der Waals surface area contributed by atoms with E-state index in [0.717, 1.165) is 11.7 Å². The van der Waals surface area contributed by atoms with Gasteiger partial charge >= 0.3 is 0 Å². The molecule has 1 N–H and O–H groups in total. The highest BCUT2D eigenvalue weighted by Crippen LogP contribution is 2.33. The number of ether oxygens (including phenoxy) is 1. The van der Waals surface area contributed by atoms with Gasteiger partial charge in [0.2, 0.25) is 0 Å². The van der Waals surface area contributed by atoms with Gasteiger partial charge in [-0.3, -0.25) is 4.90 Å². The predicted octanol–water partition coefficient (Wildman–Crippen LogP) is 4.74. The molecule has 1 aliphatic carbocycles. The van der Waals surface area contributed by atoms with Crippen LogP contribution in [0.3, 0.4) is 0 Å². The van der Waals surface area contributed by atoms with Gasteiger partial charge in [-0.1, -0.05) is 37.8 Å². The Morgan fingerprint density at radius 3 is 2.24 bits per heavy atom. The van der Waals surface area contributed by atoms with Crippen LogP contribution in [0.1, 0.15) is 76.7 Å². The molecule has 25 heavy (non-hydrogen) atoms. The lowest BCUT2D eigenvalue weighted by Gasteiger charge is -2.40. The fraction of sp³-hybridized carbons (Fsp3) is 0.727. The van der Waals surface area contributed by atoms with Gasteiger partial charge in [0.1, 0.15) is 18.5 Å². The van der Waals surface area contributed by atoms with E-state index in [4.69, 9.17) is 4.74 Å². The first-order valence-electron chi connectivity index (χ1n) is 10.3. The molecule has 0 spiro atoms. The van der Waals surface area contributed by atoms with Crippen LogP contribution in [-0.4, -0.2) is 41.3 Å². The molecule has 0 unspecified atom stereocenters. The lowest BCUT2D eigenvalue weighted by atomic mass is 9.84. The molecule has 140 valence electrons. The van der Waals surface area contributed by atoms with E-state index in [1.807, 2.05) is 0 Å². The highest BCUT2D eigenvalue weighted by atomic mass is 16.5. The lowest BCUT2D eigenvalue weighted by molar-refractivity contribution is 0.0209. The third kappa shape index (κ3) is 5.21. The van der Waals surface area contributed by atoms with Crippen molar-refractivity contribution >= 4 is 0 Å². The summed E-state index contributed by atoms with van der Waals surface area (Å²) in [6, 6.07) is 9.70. The van der Waals surface area contributed by atoms with Crippen molar-refractivity contribution in [3.05, 3.63) is 29.8 Å². The van der Waals surface area contributed by atoms with E-state index in [-0.39, 0.29) is 0 Å². The zero-order chi connectivity index (χ0) is 17.6. The van der Waals surface area contributed by atoms with E-state index in [2.05, 4.69) is 43.0 Å². The molecule has 3 heteroatoms. The average molecular weight is 346 g/mol. The molecule has 0 aromatic heterocycles. The lowest BCUT2D eigenvalue weighted by Crippen LogP contribution is -2.48. The number of hydrogen-bond acceptors (Lipinski definition) is 3. The summed E-state index contributed by atoms with van der Waals surface area (Å²) in [7, 11) is 0. The third-order valence-corrected chi connectivity index (χ3v) is 6.20. The van der Waals surface area contributed by atoms with Gasteiger partial charge in [-0.25, -0.2) is 0 Å². The molecular weight excluding hydrogens is 310 g/mol. The number of hydrogen-bond donors (Lipinski definition) is 1. The molecule has 1 heterocycles. The van der Waals surface area contributed by atoms with Gasteiger partial charge < -0.3 is 9.84 Å². The number of aliphatic hydroxyl groups is 1. The van der Waals surface area contributed by atoms with Crippen LogP contribution >= 0.6 is 0 Å². The van der Waals surface area contributed by atoms with Crippen molar-refractivity contribution in [1.82, 2.24) is 4.90 Å². The van der Waals surface area contributed by atoms with Gasteiger partial charge in [-0.2, -0.15) is 0 Å². The Kier molecular flexibility index (Phi) is 6.77. The number of benzene rings is 1. The highest BCUT2D eigenvalue weighted by molar-refractivity contribution is 5.29. The fourth-order valence-electron chi connectivity index (χ4n) is 4.60. The highest BCUT2D eigenvalue weighted by Gasteiger charge is 2.26. The van der Waals surface area contributed by atoms with Crippen LogP contribution in [-0.2, 0) is 0 Å². The zero-order valence-electron chi connectivity index (χ0n) is 16.0. The number of aliphatic hydroxyl groups excluding tert-OH is 1. The molecule has 1 aromatic carbocycles. The topological polar surface area (TPSA) is 32.7 Å². The summed E-state index contributed by atoms with van der Waals surface area (Å²) in [5.74, 6) is 1.61. The average Bonchev–Trinajstić information content (AvgIpc) is 2.64. The van der Waals surface area contributed by atoms with Gasteiger partial charge in [0.15, 0.2) is 0 Å². The molecular formula is C22H35NO2. The monoisotopic (exact) mass is 345 g/mol. The first kappa shape index (κ1) is 18.7. The molecule has 1 saturated heterocycles. The van der Waals surface area contributed by atoms with Gasteiger partial charge in [-0.05, 0) is 63.1 Å². The minimum absolute atomic E-state index is 0.374. The maximum Gasteiger partial charge on any atom is 0.119 e. The number of piperidine rings is 1. The van der Waals surface area contributed by atoms with Gasteiger partial charge in [0.25, 0.3) is 0 Å². The Balaban J connectivity index is 1.46. The van der Waals surface area contributed by atoms with Crippen molar-refractivity contribution in [2.45, 2.75) is 89.3 Å². The van der Waals surface area contributed by atoms with Crippen LogP contribution in [0, 0.1) is 0 Å². The van der Waals surface area contributed by atoms with Crippen LogP contribution in [0.4, 0.5) is 0 Å². The van der Waals surface area contributed by atoms with Crippen molar-refractivity contribution in [2.75, 3.05) is 13.2 Å². The summed E-state index contributed by atoms with van der Waals surface area (Å²) in [5.41, 5.74) is 1.45. The van der Waals surface area contributed by atoms with Crippen molar-refractivity contribution in [2.24, 2.45) is 0 Å². The molecule has 3 rings (SSSR count). The Morgan fingerprint density at radius 2 is 1.60 bits per heavy atom. The second kappa shape index (κ2) is 9.05. The van der Waals surface area contributed by atoms with E-state index in [9.17, 15) is 5.11 Å². The molecule has 0 amide bonds. The molecule has 3 nitrogen and oxygen atoms in total. The second-order valence-corrected chi connectivity index (χ2v) is 8.19. The van der Waals surface area contributed by atoms with Gasteiger partial charge in [-0.15, -0.1) is 0 Å². The summed E-state index contributed by atoms with van der Waals surface area (Å²) >= 11 is 0. The molecule has 2 aliphatic rings. The fourth-order valence-corrected chi connectivity index (χ4v) is 4.60. The zero-order valence-corrected chi connectivity index (χ0v) is 16.0. The normalized spacial score (nSPS) is 27.2. The first-order valence-corrected chi connectivity index (χ1v) is 10.3. The molecule has 2 fully saturated rings. The minimum atomic E-state index is -0.430. The van der Waals surface area contributed by atoms with Crippen LogP contribution in [0.5, 0.6) is 5.75 Å². The summed E-state index contributed by atoms with van der Waals surface area (Å²) in [5, 5.41) is 10.4. The molecule has 3 atom stereocenters. The smallest absolute Gasteiger partial charge is 0.119 e. The third-order valence-electron chi connectivity index (χ3n) is 6.20. The van der Waals surface area contributed by atoms with E-state index < -0.39 is 6.10 Å². The largest absolute Gasteiger partial charge is 0.491 e. The summed E-state index contributed by atoms with van der Waals surface area (Å²) in [6.07, 6.45) is 10.1. The van der Waals surface area contributed by atoms with Crippen molar-refractivity contribution in [3.8, 4) is 5.75 Å². The number of likely N-dealkylation sites (tertiary alicyclic amines) is 1. The SMILES string of the molecule is C[C@H]1CCC[C@H](C)N1C[C@H](O)COc1ccc(C2CCCCC2)cc1. The summed E-state index contributed by atoms with van der Waals surface area (Å²) < 4.78 is 5.85. The Hall–Kier alpha value is -1.06. The van der Waals surface area contributed by atoms with Gasteiger partial charge in [0, 0.05) is 18.6 Å². The number of rotatable bonds is 6. The maximum absolute atomic E-state index is 10.4. The minimum Gasteiger partial charge on any atom is -0.491 e. The molecule has 1 aromatic rings. The standard InChI is InChI=1S/C22H35NO2/c1-17-7-6-8-18(2)23(17)15-21(24)16-25-22-13-11-20(12-14-22)19-9-4-3-5-10-19/h11-14,17-19,21,24H,3-10,15-16H2,1-2H3/t17-,18-,21-/m0/s1. The van der Waals surface area contributed by atoms with Crippen molar-refractivity contribution < 1.29 is 9.84 Å². The molecule has 1 aliphatic heterocycles. The van der Waals surface area contributed by atoms with Gasteiger partial charge in [0.05, 0.1) is 0 Å². The quantitative estimate of drug-likeness (QED) is 0.808. The molecule has 0 radical (unpaired) electrons. The Bertz CT molecular complexity index is 499. The molecule has 0 bridgehead atoms. The molecule has 1 saturated carbocycles. The van der Waals surface area contributed by atoms with Crippen LogP contribution in [0.25, 0.3) is 0 Å². The summed E-state index contributed by atoms with van der Waals surface area (Å²) in [6.45, 7) is 5.63. The van der Waals surface area contributed by atoms with E-state index >= 15 is 0 Å². The predicted molar refractivity (Wildman–Crippen MR) is 103 cm³/mol. The van der Waals surface area contributed by atoms with Crippen molar-refractivity contribution in [3.63, 3.8) is 0 Å². The van der Waals surface area contributed by atoms with Crippen LogP contribution in [0.2, 0.25) is 0 Å².